The fourth-order valence-corrected chi connectivity index (χ4v) is 4.96. The fourth-order valence-electron chi connectivity index (χ4n) is 4.02. The van der Waals surface area contributed by atoms with Gasteiger partial charge >= 0.3 is 0 Å². The maximum Gasteiger partial charge on any atom is 0.281 e. The third kappa shape index (κ3) is 7.40. The Kier molecular flexibility index (Phi) is 8.52. The normalized spacial score (nSPS) is 15.6. The number of hydrogen-bond acceptors (Lipinski definition) is 8. The molecule has 0 atom stereocenters. The minimum absolute atomic E-state index is 0.00136. The number of hydrogen-bond donors (Lipinski definition) is 2. The van der Waals surface area contributed by atoms with Crippen LogP contribution in [0.25, 0.3) is 11.3 Å². The molecule has 1 aliphatic rings. The van der Waals surface area contributed by atoms with Gasteiger partial charge in [-0.25, -0.2) is 27.9 Å². The van der Waals surface area contributed by atoms with Crippen molar-refractivity contribution in [2.24, 2.45) is 5.92 Å². The Balaban J connectivity index is 1.67. The number of halogens is 3. The Labute approximate surface area is 230 Å². The molecule has 0 bridgehead atoms. The number of nitrogen functional groups attached to an aromatic ring is 1. The maximum atomic E-state index is 14.4. The van der Waals surface area contributed by atoms with E-state index in [0.717, 1.165) is 6.07 Å². The zero-order valence-corrected chi connectivity index (χ0v) is 22.7. The van der Waals surface area contributed by atoms with Crippen molar-refractivity contribution in [3.8, 4) is 22.9 Å². The summed E-state index contributed by atoms with van der Waals surface area (Å²) in [5, 5.41) is -0.476. The lowest BCUT2D eigenvalue weighted by Gasteiger charge is -2.28. The van der Waals surface area contributed by atoms with E-state index >= 15 is 0 Å². The smallest absolute Gasteiger partial charge is 0.281 e. The Bertz CT molecular complexity index is 1490. The van der Waals surface area contributed by atoms with E-state index in [1.807, 2.05) is 18.6 Å². The number of anilines is 1. The number of amides is 1. The average molecular weight is 579 g/mol. The zero-order chi connectivity index (χ0) is 29.1. The molecule has 214 valence electrons. The number of nitrogens with zero attached hydrogens (tertiary/aromatic N) is 2. The number of alkyl halides is 2. The van der Waals surface area contributed by atoms with Gasteiger partial charge in [-0.3, -0.25) is 4.79 Å². The van der Waals surface area contributed by atoms with Crippen molar-refractivity contribution >= 4 is 21.7 Å². The summed E-state index contributed by atoms with van der Waals surface area (Å²) < 4.78 is 80.8. The first-order valence-corrected chi connectivity index (χ1v) is 14.1. The summed E-state index contributed by atoms with van der Waals surface area (Å²) >= 11 is 0. The highest BCUT2D eigenvalue weighted by atomic mass is 32.2. The summed E-state index contributed by atoms with van der Waals surface area (Å²) in [7, 11) is -4.42. The maximum absolute atomic E-state index is 14.4. The topological polar surface area (TPSA) is 134 Å². The second-order valence-corrected chi connectivity index (χ2v) is 11.6. The van der Waals surface area contributed by atoms with E-state index in [1.165, 1.54) is 36.4 Å². The minimum atomic E-state index is -4.42. The van der Waals surface area contributed by atoms with E-state index in [2.05, 4.69) is 9.97 Å². The van der Waals surface area contributed by atoms with E-state index < -0.39 is 51.6 Å². The van der Waals surface area contributed by atoms with Crippen LogP contribution in [0.2, 0.25) is 0 Å². The van der Waals surface area contributed by atoms with Gasteiger partial charge in [-0.15, -0.1) is 0 Å². The van der Waals surface area contributed by atoms with Gasteiger partial charge in [0.15, 0.2) is 5.03 Å². The predicted octanol–water partition coefficient (Wildman–Crippen LogP) is 4.98. The van der Waals surface area contributed by atoms with Crippen LogP contribution < -0.4 is 19.9 Å². The summed E-state index contributed by atoms with van der Waals surface area (Å²) in [5.74, 6) is -4.37. The molecule has 0 spiro atoms. The summed E-state index contributed by atoms with van der Waals surface area (Å²) in [5.41, 5.74) is 5.81. The third-order valence-electron chi connectivity index (χ3n) is 6.05. The first-order chi connectivity index (χ1) is 18.8. The van der Waals surface area contributed by atoms with Gasteiger partial charge in [0.05, 0.1) is 12.3 Å². The van der Waals surface area contributed by atoms with Gasteiger partial charge in [-0.05, 0) is 55.2 Å². The van der Waals surface area contributed by atoms with E-state index in [-0.39, 0.29) is 47.5 Å². The molecule has 2 heterocycles. The number of pyridine rings is 2. The lowest BCUT2D eigenvalue weighted by molar-refractivity contribution is -0.0588. The first kappa shape index (κ1) is 29.1. The molecule has 0 aliphatic heterocycles. The van der Waals surface area contributed by atoms with E-state index in [9.17, 15) is 26.4 Å². The first-order valence-electron chi connectivity index (χ1n) is 12.6. The van der Waals surface area contributed by atoms with Crippen LogP contribution in [0.4, 0.5) is 19.0 Å². The molecule has 3 aromatic rings. The van der Waals surface area contributed by atoms with Gasteiger partial charge in [0, 0.05) is 24.5 Å². The summed E-state index contributed by atoms with van der Waals surface area (Å²) in [6.45, 7) is 4.24. The van der Waals surface area contributed by atoms with Crippen LogP contribution in [-0.2, 0) is 10.0 Å². The molecule has 1 saturated carbocycles. The number of carbonyl (C=O) groups excluding carboxylic acids is 1. The molecular weight excluding hydrogens is 549 g/mol. The van der Waals surface area contributed by atoms with E-state index in [4.69, 9.17) is 15.2 Å². The number of benzene rings is 1. The Morgan fingerprint density at radius 3 is 2.52 bits per heavy atom. The number of rotatable bonds is 9. The molecule has 1 fully saturated rings. The highest BCUT2D eigenvalue weighted by Crippen LogP contribution is 2.36. The van der Waals surface area contributed by atoms with Gasteiger partial charge < -0.3 is 15.2 Å². The van der Waals surface area contributed by atoms with Crippen molar-refractivity contribution in [2.45, 2.75) is 56.6 Å². The van der Waals surface area contributed by atoms with Crippen LogP contribution in [0.15, 0.2) is 53.6 Å². The summed E-state index contributed by atoms with van der Waals surface area (Å²) in [6.07, 6.45) is -1.51. The van der Waals surface area contributed by atoms with Crippen molar-refractivity contribution in [1.82, 2.24) is 14.7 Å². The predicted molar refractivity (Wildman–Crippen MR) is 141 cm³/mol. The van der Waals surface area contributed by atoms with Gasteiger partial charge in [0.25, 0.3) is 15.9 Å². The van der Waals surface area contributed by atoms with Crippen LogP contribution >= 0.6 is 0 Å². The molecule has 2 aromatic heterocycles. The summed E-state index contributed by atoms with van der Waals surface area (Å²) in [4.78, 5) is 21.2. The average Bonchev–Trinajstić information content (AvgIpc) is 2.88. The number of sulfonamides is 1. The lowest BCUT2D eigenvalue weighted by atomic mass is 9.94. The van der Waals surface area contributed by atoms with Gasteiger partial charge in [-0.2, -0.15) is 8.42 Å². The second-order valence-electron chi connectivity index (χ2n) is 9.94. The van der Waals surface area contributed by atoms with Crippen molar-refractivity contribution in [3.63, 3.8) is 0 Å². The quantitative estimate of drug-likeness (QED) is 0.363. The van der Waals surface area contributed by atoms with Gasteiger partial charge in [-0.1, -0.05) is 19.9 Å². The minimum Gasteiger partial charge on any atom is -0.493 e. The van der Waals surface area contributed by atoms with Crippen molar-refractivity contribution in [2.75, 3.05) is 12.3 Å². The van der Waals surface area contributed by atoms with Crippen molar-refractivity contribution < 1.29 is 35.9 Å². The monoisotopic (exact) mass is 578 g/mol. The van der Waals surface area contributed by atoms with Crippen LogP contribution in [0.3, 0.4) is 0 Å². The van der Waals surface area contributed by atoms with Gasteiger partial charge in [0.1, 0.15) is 29.1 Å². The number of nitrogens with one attached hydrogen (secondary N) is 1. The van der Waals surface area contributed by atoms with Gasteiger partial charge in [0.2, 0.25) is 11.8 Å². The number of nitrogens with two attached hydrogens (primary N) is 1. The third-order valence-corrected chi connectivity index (χ3v) is 7.28. The molecule has 13 heteroatoms. The SMILES string of the molecule is CC(C)COc1cc(F)cc(-c2ccc(C(=O)NS(=O)(=O)c3cccc(N)n3)c(OC3CCC(F)(F)CC3)n2)c1. The zero-order valence-electron chi connectivity index (χ0n) is 21.9. The Morgan fingerprint density at radius 2 is 1.85 bits per heavy atom. The molecule has 4 rings (SSSR count). The van der Waals surface area contributed by atoms with Crippen LogP contribution in [-0.4, -0.2) is 42.9 Å². The molecule has 1 aliphatic carbocycles. The number of ether oxygens (including phenoxy) is 2. The second kappa shape index (κ2) is 11.7. The fraction of sp³-hybridized carbons (Fsp3) is 0.370. The highest BCUT2D eigenvalue weighted by molar-refractivity contribution is 7.90. The lowest BCUT2D eigenvalue weighted by Crippen LogP contribution is -2.33. The van der Waals surface area contributed by atoms with E-state index in [0.29, 0.717) is 12.2 Å². The highest BCUT2D eigenvalue weighted by Gasteiger charge is 2.36. The van der Waals surface area contributed by atoms with Crippen molar-refractivity contribution in [1.29, 1.82) is 0 Å². The molecule has 3 N–H and O–H groups in total. The van der Waals surface area contributed by atoms with E-state index in [1.54, 1.807) is 6.07 Å². The van der Waals surface area contributed by atoms with Crippen LogP contribution in [0.5, 0.6) is 11.6 Å². The molecule has 0 saturated heterocycles. The molecule has 1 aromatic carbocycles. The standard InChI is InChI=1S/C27H29F3N4O5S/c1-16(2)15-38-20-13-17(12-18(28)14-20)22-7-6-21(26(32-22)39-19-8-10-27(29,30)11-9-19)25(35)34-40(36,37)24-5-3-4-23(31)33-24/h3-7,12-14,16,19H,8-11,15H2,1-2H3,(H2,31,33)(H,34,35). The Hall–Kier alpha value is -3.87. The number of aromatic nitrogens is 2. The molecule has 0 radical (unpaired) electrons. The molecular formula is C27H29F3N4O5S. The van der Waals surface area contributed by atoms with Crippen LogP contribution in [0.1, 0.15) is 49.9 Å². The van der Waals surface area contributed by atoms with Crippen molar-refractivity contribution in [3.05, 3.63) is 59.9 Å². The molecule has 40 heavy (non-hydrogen) atoms. The Morgan fingerprint density at radius 1 is 1.12 bits per heavy atom. The molecule has 1 amide bonds. The largest absolute Gasteiger partial charge is 0.493 e. The molecule has 0 unspecified atom stereocenters. The van der Waals surface area contributed by atoms with Crippen LogP contribution in [0, 0.1) is 11.7 Å². The summed E-state index contributed by atoms with van der Waals surface area (Å²) in [6, 6.07) is 10.6. The molecule has 9 nitrogen and oxygen atoms in total. The number of carbonyl (C=O) groups is 1.